The molecule has 2 heterocycles. The quantitative estimate of drug-likeness (QED) is 0.844. The topological polar surface area (TPSA) is 25.4 Å². The molecule has 22 heavy (non-hydrogen) atoms. The molecule has 2 fully saturated rings. The summed E-state index contributed by atoms with van der Waals surface area (Å²) in [4.78, 5) is 6.86. The van der Waals surface area contributed by atoms with Gasteiger partial charge in [0.2, 0.25) is 0 Å². The van der Waals surface area contributed by atoms with Gasteiger partial charge in [0.05, 0.1) is 5.69 Å². The van der Waals surface area contributed by atoms with Gasteiger partial charge in [-0.25, -0.2) is 0 Å². The van der Waals surface area contributed by atoms with Crippen LogP contribution in [0.4, 0.5) is 0 Å². The first-order valence-corrected chi connectivity index (χ1v) is 8.05. The van der Waals surface area contributed by atoms with Crippen molar-refractivity contribution in [1.82, 2.24) is 9.88 Å². The minimum absolute atomic E-state index is 0.522. The molecule has 1 aromatic heterocycles. The molecule has 0 N–H and O–H groups in total. The average molecular weight is 294 g/mol. The highest BCUT2D eigenvalue weighted by atomic mass is 16.5. The number of hydrogen-bond acceptors (Lipinski definition) is 3. The van der Waals surface area contributed by atoms with Crippen LogP contribution in [0.2, 0.25) is 0 Å². The van der Waals surface area contributed by atoms with E-state index >= 15 is 0 Å². The third-order valence-corrected chi connectivity index (χ3v) is 5.02. The third-order valence-electron chi connectivity index (χ3n) is 5.02. The van der Waals surface area contributed by atoms with Crippen molar-refractivity contribution in [2.75, 3.05) is 13.1 Å². The Kier molecular flexibility index (Phi) is 3.38. The van der Waals surface area contributed by atoms with Crippen molar-refractivity contribution in [1.29, 1.82) is 0 Å². The molecule has 0 radical (unpaired) electrons. The summed E-state index contributed by atoms with van der Waals surface area (Å²) in [6, 6.07) is 14.4. The molecule has 1 aliphatic carbocycles. The molecular weight excluding hydrogens is 272 g/mol. The Labute approximate surface area is 131 Å². The zero-order valence-electron chi connectivity index (χ0n) is 13.0. The lowest BCUT2D eigenvalue weighted by atomic mass is 10.1. The summed E-state index contributed by atoms with van der Waals surface area (Å²) in [5.41, 5.74) is 2.91. The van der Waals surface area contributed by atoms with Gasteiger partial charge in [0.25, 0.3) is 0 Å². The second-order valence-electron chi connectivity index (χ2n) is 6.98. The van der Waals surface area contributed by atoms with Crippen LogP contribution in [0.5, 0.6) is 5.75 Å². The fourth-order valence-corrected chi connectivity index (χ4v) is 3.62. The first kappa shape index (κ1) is 13.8. The lowest BCUT2D eigenvalue weighted by molar-refractivity contribution is 0.276. The SMILES string of the molecule is CC12CC1CN(Cc1cccc(OCc3ccccn3)c1)C2. The number of pyridine rings is 1. The molecule has 3 nitrogen and oxygen atoms in total. The van der Waals surface area contributed by atoms with E-state index in [1.165, 1.54) is 25.1 Å². The zero-order valence-corrected chi connectivity index (χ0v) is 13.0. The van der Waals surface area contributed by atoms with E-state index in [-0.39, 0.29) is 0 Å². The highest BCUT2D eigenvalue weighted by Gasteiger charge is 2.55. The Bertz CT molecular complexity index is 657. The van der Waals surface area contributed by atoms with Gasteiger partial charge in [-0.2, -0.15) is 0 Å². The Balaban J connectivity index is 1.36. The smallest absolute Gasteiger partial charge is 0.130 e. The summed E-state index contributed by atoms with van der Waals surface area (Å²) in [6.07, 6.45) is 3.23. The summed E-state index contributed by atoms with van der Waals surface area (Å²) in [5.74, 6) is 1.87. The van der Waals surface area contributed by atoms with Gasteiger partial charge in [0.15, 0.2) is 0 Å². The summed E-state index contributed by atoms with van der Waals surface area (Å²) in [5, 5.41) is 0. The first-order chi connectivity index (χ1) is 10.7. The normalized spacial score (nSPS) is 26.7. The lowest BCUT2D eigenvalue weighted by Crippen LogP contribution is -2.23. The van der Waals surface area contributed by atoms with E-state index in [1.54, 1.807) is 6.20 Å². The number of fused-ring (bicyclic) bond motifs is 1. The number of likely N-dealkylation sites (tertiary alicyclic amines) is 1. The second-order valence-corrected chi connectivity index (χ2v) is 6.98. The summed E-state index contributed by atoms with van der Waals surface area (Å²) < 4.78 is 5.87. The Morgan fingerprint density at radius 3 is 3.00 bits per heavy atom. The maximum absolute atomic E-state index is 5.87. The van der Waals surface area contributed by atoms with E-state index in [4.69, 9.17) is 4.74 Å². The first-order valence-electron chi connectivity index (χ1n) is 8.05. The fraction of sp³-hybridized carbons (Fsp3) is 0.421. The van der Waals surface area contributed by atoms with Crippen molar-refractivity contribution in [3.63, 3.8) is 0 Å². The number of benzene rings is 1. The summed E-state index contributed by atoms with van der Waals surface area (Å²) >= 11 is 0. The predicted octanol–water partition coefficient (Wildman–Crippen LogP) is 3.50. The molecule has 114 valence electrons. The van der Waals surface area contributed by atoms with Crippen molar-refractivity contribution >= 4 is 0 Å². The second kappa shape index (κ2) is 5.40. The van der Waals surface area contributed by atoms with E-state index in [9.17, 15) is 0 Å². The molecule has 1 saturated heterocycles. The molecule has 4 rings (SSSR count). The van der Waals surface area contributed by atoms with E-state index in [0.29, 0.717) is 12.0 Å². The lowest BCUT2D eigenvalue weighted by Gasteiger charge is -2.19. The van der Waals surface area contributed by atoms with Gasteiger partial charge in [0, 0.05) is 25.8 Å². The molecule has 1 saturated carbocycles. The Morgan fingerprint density at radius 1 is 1.27 bits per heavy atom. The number of piperidine rings is 1. The number of hydrogen-bond donors (Lipinski definition) is 0. The van der Waals surface area contributed by atoms with Crippen LogP contribution in [-0.2, 0) is 13.2 Å². The minimum Gasteiger partial charge on any atom is -0.487 e. The predicted molar refractivity (Wildman–Crippen MR) is 86.5 cm³/mol. The summed E-state index contributed by atoms with van der Waals surface area (Å²) in [6.45, 7) is 6.48. The van der Waals surface area contributed by atoms with Crippen LogP contribution in [0.3, 0.4) is 0 Å². The number of rotatable bonds is 5. The molecule has 2 unspecified atom stereocenters. The molecule has 3 heteroatoms. The number of ether oxygens (including phenoxy) is 1. The van der Waals surface area contributed by atoms with Gasteiger partial charge in [-0.15, -0.1) is 0 Å². The molecule has 2 atom stereocenters. The van der Waals surface area contributed by atoms with Crippen molar-refractivity contribution < 1.29 is 4.74 Å². The maximum atomic E-state index is 5.87. The van der Waals surface area contributed by atoms with Gasteiger partial charge in [-0.05, 0) is 47.6 Å². The van der Waals surface area contributed by atoms with Gasteiger partial charge >= 0.3 is 0 Å². The standard InChI is InChI=1S/C19H22N2O/c1-19-10-16(19)12-21(14-19)11-15-5-4-7-18(9-15)22-13-17-6-2-3-8-20-17/h2-9,16H,10-14H2,1H3. The Hall–Kier alpha value is -1.87. The van der Waals surface area contributed by atoms with Crippen LogP contribution in [-0.4, -0.2) is 23.0 Å². The van der Waals surface area contributed by atoms with Gasteiger partial charge in [-0.3, -0.25) is 9.88 Å². The van der Waals surface area contributed by atoms with E-state index < -0.39 is 0 Å². The van der Waals surface area contributed by atoms with E-state index in [2.05, 4.69) is 35.0 Å². The van der Waals surface area contributed by atoms with Crippen LogP contribution < -0.4 is 4.74 Å². The highest BCUT2D eigenvalue weighted by Crippen LogP contribution is 2.57. The zero-order chi connectivity index (χ0) is 15.0. The van der Waals surface area contributed by atoms with Crippen LogP contribution in [0, 0.1) is 11.3 Å². The minimum atomic E-state index is 0.522. The van der Waals surface area contributed by atoms with Crippen molar-refractivity contribution in [3.05, 3.63) is 59.9 Å². The monoisotopic (exact) mass is 294 g/mol. The molecule has 1 aliphatic heterocycles. The fourth-order valence-electron chi connectivity index (χ4n) is 3.62. The van der Waals surface area contributed by atoms with Gasteiger partial charge in [0.1, 0.15) is 12.4 Å². The van der Waals surface area contributed by atoms with Crippen LogP contribution in [0.1, 0.15) is 24.6 Å². The highest BCUT2D eigenvalue weighted by molar-refractivity contribution is 5.29. The number of nitrogens with zero attached hydrogens (tertiary/aromatic N) is 2. The van der Waals surface area contributed by atoms with Gasteiger partial charge in [-0.1, -0.05) is 25.1 Å². The van der Waals surface area contributed by atoms with Gasteiger partial charge < -0.3 is 4.74 Å². The van der Waals surface area contributed by atoms with Crippen molar-refractivity contribution in [2.45, 2.75) is 26.5 Å². The molecule has 0 amide bonds. The molecule has 2 aromatic rings. The average Bonchev–Trinajstić information content (AvgIpc) is 3.05. The molecule has 0 bridgehead atoms. The van der Waals surface area contributed by atoms with E-state index in [0.717, 1.165) is 23.9 Å². The van der Waals surface area contributed by atoms with Crippen LogP contribution in [0.25, 0.3) is 0 Å². The molecule has 2 aliphatic rings. The summed E-state index contributed by atoms with van der Waals surface area (Å²) in [7, 11) is 0. The van der Waals surface area contributed by atoms with Crippen LogP contribution >= 0.6 is 0 Å². The van der Waals surface area contributed by atoms with E-state index in [1.807, 2.05) is 24.3 Å². The number of aromatic nitrogens is 1. The molecule has 1 aromatic carbocycles. The van der Waals surface area contributed by atoms with Crippen LogP contribution in [0.15, 0.2) is 48.7 Å². The molecular formula is C19H22N2O. The maximum Gasteiger partial charge on any atom is 0.130 e. The largest absolute Gasteiger partial charge is 0.487 e. The molecule has 0 spiro atoms. The Morgan fingerprint density at radius 2 is 2.23 bits per heavy atom. The van der Waals surface area contributed by atoms with Crippen molar-refractivity contribution in [3.8, 4) is 5.75 Å². The van der Waals surface area contributed by atoms with Crippen molar-refractivity contribution in [2.24, 2.45) is 11.3 Å². The third kappa shape index (κ3) is 2.86.